The number of hydrogen-bond donors (Lipinski definition) is 1. The summed E-state index contributed by atoms with van der Waals surface area (Å²) < 4.78 is 5.37. The lowest BCUT2D eigenvalue weighted by Crippen LogP contribution is -2.40. The van der Waals surface area contributed by atoms with Crippen LogP contribution in [0.25, 0.3) is 0 Å². The lowest BCUT2D eigenvalue weighted by molar-refractivity contribution is -0.139. The van der Waals surface area contributed by atoms with Gasteiger partial charge in [-0.3, -0.25) is 9.69 Å². The van der Waals surface area contributed by atoms with E-state index in [4.69, 9.17) is 9.84 Å². The van der Waals surface area contributed by atoms with Crippen LogP contribution in [0.5, 0.6) is 0 Å². The molecule has 1 amide bonds. The number of nitrogens with zero attached hydrogens (tertiary/aromatic N) is 2. The van der Waals surface area contributed by atoms with Crippen molar-refractivity contribution < 1.29 is 19.4 Å². The molecule has 1 N–H and O–H groups in total. The number of carbonyl (C=O) groups is 2. The van der Waals surface area contributed by atoms with Crippen molar-refractivity contribution in [1.82, 2.24) is 9.80 Å². The van der Waals surface area contributed by atoms with E-state index in [1.807, 2.05) is 39.5 Å². The average Bonchev–Trinajstić information content (AvgIpc) is 2.73. The predicted molar refractivity (Wildman–Crippen MR) is 80.3 cm³/mol. The Morgan fingerprint density at radius 1 is 1.38 bits per heavy atom. The molecule has 1 fully saturated rings. The maximum Gasteiger partial charge on any atom is 0.410 e. The summed E-state index contributed by atoms with van der Waals surface area (Å²) in [5.74, 6) is -0.509. The highest BCUT2D eigenvalue weighted by Crippen LogP contribution is 2.21. The fourth-order valence-electron chi connectivity index (χ4n) is 2.44. The lowest BCUT2D eigenvalue weighted by Gasteiger charge is -2.28. The second-order valence-electron chi connectivity index (χ2n) is 7.00. The van der Waals surface area contributed by atoms with Gasteiger partial charge >= 0.3 is 12.1 Å². The molecular formula is C15H28N2O4. The van der Waals surface area contributed by atoms with E-state index in [1.165, 1.54) is 0 Å². The van der Waals surface area contributed by atoms with Gasteiger partial charge in [-0.15, -0.1) is 0 Å². The van der Waals surface area contributed by atoms with E-state index < -0.39 is 11.6 Å². The van der Waals surface area contributed by atoms with Crippen LogP contribution in [0.2, 0.25) is 0 Å². The number of carboxylic acids is 1. The quantitative estimate of drug-likeness (QED) is 0.841. The van der Waals surface area contributed by atoms with Crippen molar-refractivity contribution in [2.45, 2.75) is 52.7 Å². The van der Waals surface area contributed by atoms with Crippen molar-refractivity contribution in [1.29, 1.82) is 0 Å². The van der Waals surface area contributed by atoms with Gasteiger partial charge in [-0.05, 0) is 47.0 Å². The fraction of sp³-hybridized carbons (Fsp3) is 0.867. The van der Waals surface area contributed by atoms with E-state index in [-0.39, 0.29) is 18.7 Å². The zero-order chi connectivity index (χ0) is 16.2. The van der Waals surface area contributed by atoms with E-state index in [0.29, 0.717) is 25.6 Å². The third kappa shape index (κ3) is 6.33. The summed E-state index contributed by atoms with van der Waals surface area (Å²) in [6, 6.07) is 0.177. The van der Waals surface area contributed by atoms with Crippen LogP contribution in [0, 0.1) is 5.92 Å². The molecule has 0 aromatic rings. The molecule has 0 spiro atoms. The molecule has 21 heavy (non-hydrogen) atoms. The number of ether oxygens (including phenoxy) is 1. The van der Waals surface area contributed by atoms with Gasteiger partial charge in [0.15, 0.2) is 0 Å². The van der Waals surface area contributed by atoms with Gasteiger partial charge in [-0.1, -0.05) is 0 Å². The van der Waals surface area contributed by atoms with Gasteiger partial charge in [-0.25, -0.2) is 4.79 Å². The summed E-state index contributed by atoms with van der Waals surface area (Å²) in [6.07, 6.45) is 0.613. The first kappa shape index (κ1) is 17.8. The number of carbonyl (C=O) groups excluding carboxylic acids is 1. The molecule has 0 aromatic heterocycles. The minimum absolute atomic E-state index is 0.0423. The molecule has 1 atom stereocenters. The third-order valence-corrected chi connectivity index (χ3v) is 3.50. The third-order valence-electron chi connectivity index (χ3n) is 3.50. The monoisotopic (exact) mass is 300 g/mol. The zero-order valence-corrected chi connectivity index (χ0v) is 13.8. The van der Waals surface area contributed by atoms with Crippen LogP contribution >= 0.6 is 0 Å². The van der Waals surface area contributed by atoms with E-state index in [9.17, 15) is 9.59 Å². The summed E-state index contributed by atoms with van der Waals surface area (Å²) in [6.45, 7) is 11.6. The van der Waals surface area contributed by atoms with Crippen molar-refractivity contribution in [3.05, 3.63) is 0 Å². The first-order valence-electron chi connectivity index (χ1n) is 7.52. The normalized spacial score (nSPS) is 19.4. The van der Waals surface area contributed by atoms with Crippen LogP contribution in [-0.4, -0.2) is 64.8 Å². The Morgan fingerprint density at radius 2 is 2.00 bits per heavy atom. The molecule has 6 nitrogen and oxygen atoms in total. The fourth-order valence-corrected chi connectivity index (χ4v) is 2.44. The molecule has 0 saturated carbocycles. The Labute approximate surface area is 127 Å². The van der Waals surface area contributed by atoms with Gasteiger partial charge in [0.25, 0.3) is 0 Å². The van der Waals surface area contributed by atoms with Crippen molar-refractivity contribution in [3.8, 4) is 0 Å². The molecule has 0 aliphatic carbocycles. The van der Waals surface area contributed by atoms with Crippen LogP contribution in [0.1, 0.15) is 41.0 Å². The molecule has 1 rings (SSSR count). The smallest absolute Gasteiger partial charge is 0.410 e. The zero-order valence-electron chi connectivity index (χ0n) is 13.8. The number of carboxylic acid groups (broad SMARTS) is 1. The summed E-state index contributed by atoms with van der Waals surface area (Å²) in [4.78, 5) is 26.5. The van der Waals surface area contributed by atoms with Gasteiger partial charge in [0.1, 0.15) is 5.60 Å². The van der Waals surface area contributed by atoms with Crippen molar-refractivity contribution in [3.63, 3.8) is 0 Å². The molecule has 0 bridgehead atoms. The minimum Gasteiger partial charge on any atom is -0.480 e. The van der Waals surface area contributed by atoms with E-state index in [2.05, 4.69) is 0 Å². The van der Waals surface area contributed by atoms with Gasteiger partial charge in [0.2, 0.25) is 0 Å². The molecular weight excluding hydrogens is 272 g/mol. The summed E-state index contributed by atoms with van der Waals surface area (Å²) in [5.41, 5.74) is -0.484. The van der Waals surface area contributed by atoms with Crippen LogP contribution in [0.15, 0.2) is 0 Å². The molecule has 122 valence electrons. The predicted octanol–water partition coefficient (Wildman–Crippen LogP) is 2.04. The Morgan fingerprint density at radius 3 is 2.48 bits per heavy atom. The molecule has 0 unspecified atom stereocenters. The maximum atomic E-state index is 12.0. The van der Waals surface area contributed by atoms with Crippen LogP contribution in [-0.2, 0) is 9.53 Å². The number of aliphatic carboxylic acids is 1. The Balaban J connectivity index is 2.50. The number of hydrogen-bond acceptors (Lipinski definition) is 4. The standard InChI is InChI=1S/C15H28N2O4/c1-11(2)17(10-13(18)19)9-12-6-7-16(8-12)14(20)21-15(3,4)5/h11-12H,6-10H2,1-5H3,(H,18,19)/t12-/m1/s1. The number of amides is 1. The lowest BCUT2D eigenvalue weighted by atomic mass is 10.1. The van der Waals surface area contributed by atoms with Crippen LogP contribution in [0.4, 0.5) is 4.79 Å². The Hall–Kier alpha value is -1.30. The van der Waals surface area contributed by atoms with E-state index in [0.717, 1.165) is 6.42 Å². The molecule has 1 aliphatic heterocycles. The average molecular weight is 300 g/mol. The van der Waals surface area contributed by atoms with Gasteiger partial charge in [0, 0.05) is 25.7 Å². The summed E-state index contributed by atoms with van der Waals surface area (Å²) in [5, 5.41) is 8.95. The highest BCUT2D eigenvalue weighted by molar-refractivity contribution is 5.69. The van der Waals surface area contributed by atoms with E-state index in [1.54, 1.807) is 4.90 Å². The van der Waals surface area contributed by atoms with Crippen molar-refractivity contribution in [2.75, 3.05) is 26.2 Å². The maximum absolute atomic E-state index is 12.0. The second kappa shape index (κ2) is 7.11. The number of rotatable bonds is 5. The molecule has 1 saturated heterocycles. The van der Waals surface area contributed by atoms with Crippen LogP contribution in [0.3, 0.4) is 0 Å². The highest BCUT2D eigenvalue weighted by atomic mass is 16.6. The molecule has 0 radical (unpaired) electrons. The summed E-state index contributed by atoms with van der Waals surface area (Å²) >= 11 is 0. The van der Waals surface area contributed by atoms with Crippen LogP contribution < -0.4 is 0 Å². The second-order valence-corrected chi connectivity index (χ2v) is 7.00. The molecule has 1 aliphatic rings. The van der Waals surface area contributed by atoms with Gasteiger partial charge in [-0.2, -0.15) is 0 Å². The molecule has 0 aromatic carbocycles. The molecule has 1 heterocycles. The van der Waals surface area contributed by atoms with Gasteiger partial charge in [0.05, 0.1) is 6.54 Å². The SMILES string of the molecule is CC(C)N(CC(=O)O)C[C@@H]1CCN(C(=O)OC(C)(C)C)C1. The Bertz CT molecular complexity index is 376. The topological polar surface area (TPSA) is 70.1 Å². The largest absolute Gasteiger partial charge is 0.480 e. The Kier molecular flexibility index (Phi) is 6.01. The molecule has 6 heteroatoms. The summed E-state index contributed by atoms with van der Waals surface area (Å²) in [7, 11) is 0. The van der Waals surface area contributed by atoms with E-state index >= 15 is 0 Å². The first-order chi connectivity index (χ1) is 9.58. The number of likely N-dealkylation sites (tertiary alicyclic amines) is 1. The van der Waals surface area contributed by atoms with Crippen molar-refractivity contribution >= 4 is 12.1 Å². The van der Waals surface area contributed by atoms with Gasteiger partial charge < -0.3 is 14.7 Å². The minimum atomic E-state index is -0.814. The van der Waals surface area contributed by atoms with Crippen molar-refractivity contribution in [2.24, 2.45) is 5.92 Å². The first-order valence-corrected chi connectivity index (χ1v) is 7.52. The highest BCUT2D eigenvalue weighted by Gasteiger charge is 2.31.